The Morgan fingerprint density at radius 1 is 0.852 bits per heavy atom. The zero-order valence-electron chi connectivity index (χ0n) is 16.8. The van der Waals surface area contributed by atoms with Crippen molar-refractivity contribution < 1.29 is 28.5 Å². The number of carbonyl (C=O) groups is 2. The Morgan fingerprint density at radius 2 is 1.44 bits per heavy atom. The molecule has 3 aliphatic heterocycles. The number of hydrogen-bond acceptors (Lipinski definition) is 6. The Morgan fingerprint density at radius 3 is 2.07 bits per heavy atom. The second-order valence-corrected chi connectivity index (χ2v) is 9.88. The van der Waals surface area contributed by atoms with E-state index in [9.17, 15) is 9.59 Å². The van der Waals surface area contributed by atoms with Crippen molar-refractivity contribution in [3.63, 3.8) is 0 Å². The standard InChI is InChI=1S/C21H32O6/c1-11-5-17-18(27-17)8-14(11)19(22)24-9-21(3,4)10-25-20(23)15-6-13-7-16(26-13)12(15)2/h11-18H,5-10H2,1-4H3/t11?,12?,13-,14?,15?,16?,17?,18?/m1/s1. The highest BCUT2D eigenvalue weighted by molar-refractivity contribution is 5.74. The lowest BCUT2D eigenvalue weighted by Crippen LogP contribution is -2.53. The lowest BCUT2D eigenvalue weighted by Gasteiger charge is -2.48. The minimum absolute atomic E-state index is 0.0737. The van der Waals surface area contributed by atoms with E-state index in [1.54, 1.807) is 0 Å². The molecule has 6 nitrogen and oxygen atoms in total. The normalized spacial score (nSPS) is 42.5. The summed E-state index contributed by atoms with van der Waals surface area (Å²) in [6, 6.07) is 0. The fraction of sp³-hybridized carbons (Fsp3) is 0.905. The van der Waals surface area contributed by atoms with Crippen LogP contribution in [-0.4, -0.2) is 49.6 Å². The molecule has 3 saturated heterocycles. The fourth-order valence-corrected chi connectivity index (χ4v) is 4.78. The van der Waals surface area contributed by atoms with Gasteiger partial charge in [-0.3, -0.25) is 9.59 Å². The molecule has 27 heavy (non-hydrogen) atoms. The van der Waals surface area contributed by atoms with Crippen LogP contribution in [0, 0.1) is 29.1 Å². The van der Waals surface area contributed by atoms with Gasteiger partial charge in [0.05, 0.1) is 49.5 Å². The molecular weight excluding hydrogens is 348 g/mol. The molecule has 0 aromatic carbocycles. The van der Waals surface area contributed by atoms with Crippen LogP contribution >= 0.6 is 0 Å². The Bertz CT molecular complexity index is 571. The molecule has 0 spiro atoms. The number of hydrogen-bond donors (Lipinski definition) is 0. The maximum atomic E-state index is 12.5. The van der Waals surface area contributed by atoms with E-state index in [-0.39, 0.29) is 61.2 Å². The molecule has 0 radical (unpaired) electrons. The molecule has 5 fully saturated rings. The van der Waals surface area contributed by atoms with Crippen LogP contribution in [0.1, 0.15) is 53.4 Å². The zero-order chi connectivity index (χ0) is 19.3. The van der Waals surface area contributed by atoms with E-state index in [0.29, 0.717) is 12.0 Å². The summed E-state index contributed by atoms with van der Waals surface area (Å²) in [4.78, 5) is 25.0. The van der Waals surface area contributed by atoms with E-state index in [1.807, 2.05) is 13.8 Å². The predicted octanol–water partition coefficient (Wildman–Crippen LogP) is 2.73. The van der Waals surface area contributed by atoms with E-state index in [4.69, 9.17) is 18.9 Å². The highest BCUT2D eigenvalue weighted by Gasteiger charge is 2.50. The fourth-order valence-electron chi connectivity index (χ4n) is 4.78. The van der Waals surface area contributed by atoms with Crippen LogP contribution in [0.4, 0.5) is 0 Å². The van der Waals surface area contributed by atoms with Crippen molar-refractivity contribution in [1.29, 1.82) is 0 Å². The van der Waals surface area contributed by atoms with Gasteiger partial charge in [0.1, 0.15) is 0 Å². The molecule has 7 unspecified atom stereocenters. The van der Waals surface area contributed by atoms with E-state index in [0.717, 1.165) is 25.7 Å². The summed E-state index contributed by atoms with van der Waals surface area (Å²) in [5, 5.41) is 0. The van der Waals surface area contributed by atoms with Crippen molar-refractivity contribution in [2.75, 3.05) is 13.2 Å². The molecule has 5 rings (SSSR count). The van der Waals surface area contributed by atoms with Crippen LogP contribution in [0.2, 0.25) is 0 Å². The summed E-state index contributed by atoms with van der Waals surface area (Å²) in [5.41, 5.74) is -0.404. The molecule has 0 amide bonds. The van der Waals surface area contributed by atoms with Crippen molar-refractivity contribution in [1.82, 2.24) is 0 Å². The predicted molar refractivity (Wildman–Crippen MR) is 96.8 cm³/mol. The summed E-state index contributed by atoms with van der Waals surface area (Å²) in [5.74, 6) is 0.0670. The number of carbonyl (C=O) groups excluding carboxylic acids is 2. The summed E-state index contributed by atoms with van der Waals surface area (Å²) in [6.45, 7) is 8.60. The number of fused-ring (bicyclic) bond motifs is 3. The van der Waals surface area contributed by atoms with Crippen LogP contribution < -0.4 is 0 Å². The van der Waals surface area contributed by atoms with Gasteiger partial charge >= 0.3 is 11.9 Å². The molecule has 3 heterocycles. The van der Waals surface area contributed by atoms with Gasteiger partial charge in [0.2, 0.25) is 0 Å². The SMILES string of the molecule is CC1CC2OC2CC1C(=O)OCC(C)(C)COC(=O)C1C[C@@H]2CC(O2)C1C. The number of epoxide rings is 1. The van der Waals surface area contributed by atoms with Crippen LogP contribution in [0.5, 0.6) is 0 Å². The first kappa shape index (κ1) is 19.2. The van der Waals surface area contributed by atoms with Gasteiger partial charge < -0.3 is 18.9 Å². The monoisotopic (exact) mass is 380 g/mol. The first-order valence-corrected chi connectivity index (χ1v) is 10.4. The van der Waals surface area contributed by atoms with E-state index < -0.39 is 5.41 Å². The van der Waals surface area contributed by atoms with Gasteiger partial charge in [-0.05, 0) is 31.1 Å². The molecule has 2 bridgehead atoms. The molecule has 2 saturated carbocycles. The first-order chi connectivity index (χ1) is 12.7. The molecular formula is C21H32O6. The number of esters is 2. The van der Waals surface area contributed by atoms with Crippen LogP contribution in [0.15, 0.2) is 0 Å². The van der Waals surface area contributed by atoms with Crippen LogP contribution in [0.3, 0.4) is 0 Å². The summed E-state index contributed by atoms with van der Waals surface area (Å²) in [7, 11) is 0. The molecule has 6 heteroatoms. The molecule has 0 N–H and O–H groups in total. The molecule has 2 aliphatic carbocycles. The topological polar surface area (TPSA) is 74.4 Å². The second-order valence-electron chi connectivity index (χ2n) is 9.88. The third-order valence-corrected chi connectivity index (χ3v) is 6.88. The van der Waals surface area contributed by atoms with Crippen molar-refractivity contribution in [3.05, 3.63) is 0 Å². The molecule has 5 aliphatic rings. The number of rotatable bonds is 6. The second kappa shape index (κ2) is 7.03. The highest BCUT2D eigenvalue weighted by Crippen LogP contribution is 2.44. The largest absolute Gasteiger partial charge is 0.465 e. The Kier molecular flexibility index (Phi) is 5.00. The quantitative estimate of drug-likeness (QED) is 0.521. The summed E-state index contributed by atoms with van der Waals surface area (Å²) >= 11 is 0. The molecule has 0 aromatic heterocycles. The molecule has 0 aromatic rings. The lowest BCUT2D eigenvalue weighted by atomic mass is 9.73. The zero-order valence-corrected chi connectivity index (χ0v) is 16.8. The summed E-state index contributed by atoms with van der Waals surface area (Å²) < 4.78 is 22.4. The maximum absolute atomic E-state index is 12.5. The van der Waals surface area contributed by atoms with Crippen molar-refractivity contribution >= 4 is 11.9 Å². The molecule has 152 valence electrons. The van der Waals surface area contributed by atoms with Gasteiger partial charge in [0.25, 0.3) is 0 Å². The maximum Gasteiger partial charge on any atom is 0.309 e. The van der Waals surface area contributed by atoms with Gasteiger partial charge in [0, 0.05) is 11.8 Å². The van der Waals surface area contributed by atoms with Gasteiger partial charge in [-0.15, -0.1) is 0 Å². The van der Waals surface area contributed by atoms with Crippen molar-refractivity contribution in [2.45, 2.75) is 77.8 Å². The highest BCUT2D eigenvalue weighted by atomic mass is 16.6. The van der Waals surface area contributed by atoms with Gasteiger partial charge in [0.15, 0.2) is 0 Å². The third-order valence-electron chi connectivity index (χ3n) is 6.88. The average Bonchev–Trinajstić information content (AvgIpc) is 3.34. The van der Waals surface area contributed by atoms with Crippen molar-refractivity contribution in [2.24, 2.45) is 29.1 Å². The Balaban J connectivity index is 1.21. The minimum atomic E-state index is -0.404. The van der Waals surface area contributed by atoms with E-state index >= 15 is 0 Å². The smallest absolute Gasteiger partial charge is 0.309 e. The minimum Gasteiger partial charge on any atom is -0.465 e. The van der Waals surface area contributed by atoms with Crippen LogP contribution in [0.25, 0.3) is 0 Å². The van der Waals surface area contributed by atoms with E-state index in [2.05, 4.69) is 13.8 Å². The lowest BCUT2D eigenvalue weighted by molar-refractivity contribution is -0.212. The molecule has 8 atom stereocenters. The van der Waals surface area contributed by atoms with Gasteiger partial charge in [-0.2, -0.15) is 0 Å². The van der Waals surface area contributed by atoms with Gasteiger partial charge in [-0.25, -0.2) is 0 Å². The number of ether oxygens (including phenoxy) is 4. The van der Waals surface area contributed by atoms with Crippen molar-refractivity contribution in [3.8, 4) is 0 Å². The van der Waals surface area contributed by atoms with Gasteiger partial charge in [-0.1, -0.05) is 27.7 Å². The Labute approximate surface area is 161 Å². The Hall–Kier alpha value is -1.14. The third kappa shape index (κ3) is 4.02. The van der Waals surface area contributed by atoms with Crippen LogP contribution in [-0.2, 0) is 28.5 Å². The summed E-state index contributed by atoms with van der Waals surface area (Å²) in [6.07, 6.45) is 4.58. The average molecular weight is 380 g/mol. The van der Waals surface area contributed by atoms with E-state index in [1.165, 1.54) is 0 Å². The first-order valence-electron chi connectivity index (χ1n) is 10.4.